The number of hydrogen-bond donors (Lipinski definition) is 0. The molecule has 0 amide bonds. The predicted molar refractivity (Wildman–Crippen MR) is 67.5 cm³/mol. The zero-order valence-electron chi connectivity index (χ0n) is 11.1. The van der Waals surface area contributed by atoms with E-state index < -0.39 is 0 Å². The number of rotatable bonds is 1. The molecule has 0 aromatic heterocycles. The number of ether oxygens (including phenoxy) is 1. The maximum absolute atomic E-state index is 4.97. The number of hydrogen-bond acceptors (Lipinski definition) is 1. The van der Waals surface area contributed by atoms with Gasteiger partial charge in [0, 0.05) is 0 Å². The van der Waals surface area contributed by atoms with Crippen molar-refractivity contribution >= 4 is 0 Å². The van der Waals surface area contributed by atoms with Crippen molar-refractivity contribution in [3.63, 3.8) is 0 Å². The maximum Gasteiger partial charge on any atom is 0.114 e. The van der Waals surface area contributed by atoms with Crippen LogP contribution in [0.15, 0.2) is 24.0 Å². The van der Waals surface area contributed by atoms with Crippen LogP contribution in [0.3, 0.4) is 0 Å². The lowest BCUT2D eigenvalue weighted by Crippen LogP contribution is -1.85. The summed E-state index contributed by atoms with van der Waals surface area (Å²) in [6.45, 7) is 12.0. The quantitative estimate of drug-likeness (QED) is 0.582. The van der Waals surface area contributed by atoms with E-state index in [1.54, 1.807) is 7.11 Å². The van der Waals surface area contributed by atoms with E-state index in [0.717, 1.165) is 18.6 Å². The van der Waals surface area contributed by atoms with E-state index in [1.807, 2.05) is 47.6 Å². The molecule has 0 aliphatic heterocycles. The Morgan fingerprint density at radius 3 is 1.64 bits per heavy atom. The molecule has 86 valence electrons. The van der Waals surface area contributed by atoms with Crippen molar-refractivity contribution in [1.29, 1.82) is 0 Å². The summed E-state index contributed by atoms with van der Waals surface area (Å²) in [6.07, 6.45) is 8.51. The van der Waals surface area contributed by atoms with Crippen LogP contribution in [0.1, 0.15) is 54.4 Å². The van der Waals surface area contributed by atoms with Crippen molar-refractivity contribution in [1.82, 2.24) is 0 Å². The highest BCUT2D eigenvalue weighted by molar-refractivity contribution is 5.15. The molecule has 0 saturated heterocycles. The largest absolute Gasteiger partial charge is 0.497 e. The molecule has 0 aromatic rings. The van der Waals surface area contributed by atoms with Crippen LogP contribution in [0.4, 0.5) is 0 Å². The average molecular weight is 200 g/mol. The standard InChI is InChI=1S/C7H10O.3C2H6/c1-8-7-5-3-2-4-6-7;3*1-2/h3,5-6H,2,4H2,1H3;3*1-2H3. The molecule has 1 rings (SSSR count). The van der Waals surface area contributed by atoms with E-state index in [-0.39, 0.29) is 0 Å². The first kappa shape index (κ1) is 18.9. The van der Waals surface area contributed by atoms with Gasteiger partial charge in [-0.2, -0.15) is 0 Å². The zero-order valence-corrected chi connectivity index (χ0v) is 11.1. The summed E-state index contributed by atoms with van der Waals surface area (Å²) in [5, 5.41) is 0. The molecule has 1 aliphatic carbocycles. The molecule has 0 bridgehead atoms. The van der Waals surface area contributed by atoms with Crippen LogP contribution in [-0.2, 0) is 4.74 Å². The van der Waals surface area contributed by atoms with E-state index in [1.165, 1.54) is 0 Å². The molecule has 0 N–H and O–H groups in total. The third kappa shape index (κ3) is 13.8. The van der Waals surface area contributed by atoms with Gasteiger partial charge in [0.25, 0.3) is 0 Å². The summed E-state index contributed by atoms with van der Waals surface area (Å²) in [5.41, 5.74) is 0. The van der Waals surface area contributed by atoms with Gasteiger partial charge in [-0.05, 0) is 25.0 Å². The van der Waals surface area contributed by atoms with Gasteiger partial charge in [0.15, 0.2) is 0 Å². The van der Waals surface area contributed by atoms with Gasteiger partial charge >= 0.3 is 0 Å². The first-order chi connectivity index (χ1) is 6.93. The van der Waals surface area contributed by atoms with Crippen molar-refractivity contribution in [2.45, 2.75) is 54.4 Å². The zero-order chi connectivity index (χ0) is 11.8. The van der Waals surface area contributed by atoms with Gasteiger partial charge in [-0.25, -0.2) is 0 Å². The fraction of sp³-hybridized carbons (Fsp3) is 0.692. The lowest BCUT2D eigenvalue weighted by Gasteiger charge is -2.02. The highest BCUT2D eigenvalue weighted by Crippen LogP contribution is 2.08. The Kier molecular flexibility index (Phi) is 30.8. The predicted octanol–water partition coefficient (Wildman–Crippen LogP) is 4.95. The SMILES string of the molecule is CC.CC.CC.COC1=CCCC=C1. The third-order valence-corrected chi connectivity index (χ3v) is 1.20. The van der Waals surface area contributed by atoms with E-state index in [9.17, 15) is 0 Å². The highest BCUT2D eigenvalue weighted by atomic mass is 16.5. The molecule has 0 spiro atoms. The maximum atomic E-state index is 4.97. The monoisotopic (exact) mass is 200 g/mol. The molecular formula is C13H28O. The highest BCUT2D eigenvalue weighted by Gasteiger charge is 1.92. The molecule has 0 saturated carbocycles. The topological polar surface area (TPSA) is 9.23 Å². The molecule has 0 fully saturated rings. The van der Waals surface area contributed by atoms with Crippen molar-refractivity contribution in [2.75, 3.05) is 7.11 Å². The van der Waals surface area contributed by atoms with Crippen LogP contribution in [-0.4, -0.2) is 7.11 Å². The van der Waals surface area contributed by atoms with Crippen LogP contribution in [0, 0.1) is 0 Å². The van der Waals surface area contributed by atoms with Crippen LogP contribution < -0.4 is 0 Å². The molecule has 0 aromatic carbocycles. The summed E-state index contributed by atoms with van der Waals surface area (Å²) in [6, 6.07) is 0. The molecule has 0 atom stereocenters. The van der Waals surface area contributed by atoms with Crippen LogP contribution in [0.2, 0.25) is 0 Å². The third-order valence-electron chi connectivity index (χ3n) is 1.20. The molecule has 1 nitrogen and oxygen atoms in total. The Labute approximate surface area is 90.9 Å². The van der Waals surface area contributed by atoms with Gasteiger partial charge < -0.3 is 4.74 Å². The fourth-order valence-corrected chi connectivity index (χ4v) is 0.741. The minimum absolute atomic E-state index is 0.997. The summed E-state index contributed by atoms with van der Waals surface area (Å²) in [7, 11) is 1.70. The van der Waals surface area contributed by atoms with E-state index in [4.69, 9.17) is 4.74 Å². The Hall–Kier alpha value is -0.720. The van der Waals surface area contributed by atoms with Crippen molar-refractivity contribution in [3.05, 3.63) is 24.0 Å². The fourth-order valence-electron chi connectivity index (χ4n) is 0.741. The first-order valence-corrected chi connectivity index (χ1v) is 5.84. The summed E-state index contributed by atoms with van der Waals surface area (Å²) in [5.74, 6) is 0.997. The molecule has 0 unspecified atom stereocenters. The van der Waals surface area contributed by atoms with E-state index in [0.29, 0.717) is 0 Å². The van der Waals surface area contributed by atoms with Gasteiger partial charge in [-0.15, -0.1) is 0 Å². The first-order valence-electron chi connectivity index (χ1n) is 5.84. The van der Waals surface area contributed by atoms with E-state index >= 15 is 0 Å². The summed E-state index contributed by atoms with van der Waals surface area (Å²) < 4.78 is 4.97. The van der Waals surface area contributed by atoms with Crippen molar-refractivity contribution < 1.29 is 4.74 Å². The lowest BCUT2D eigenvalue weighted by atomic mass is 10.2. The summed E-state index contributed by atoms with van der Waals surface area (Å²) in [4.78, 5) is 0. The molecule has 0 radical (unpaired) electrons. The Balaban J connectivity index is -0.000000174. The smallest absolute Gasteiger partial charge is 0.114 e. The Morgan fingerprint density at radius 1 is 0.929 bits per heavy atom. The second-order valence-corrected chi connectivity index (χ2v) is 1.79. The minimum atomic E-state index is 0.997. The Morgan fingerprint density at radius 2 is 1.43 bits per heavy atom. The number of allylic oxidation sites excluding steroid dienone is 3. The molecule has 1 aliphatic rings. The van der Waals surface area contributed by atoms with Crippen molar-refractivity contribution in [3.8, 4) is 0 Å². The van der Waals surface area contributed by atoms with E-state index in [2.05, 4.69) is 12.2 Å². The summed E-state index contributed by atoms with van der Waals surface area (Å²) >= 11 is 0. The van der Waals surface area contributed by atoms with Crippen molar-refractivity contribution in [2.24, 2.45) is 0 Å². The van der Waals surface area contributed by atoms with Gasteiger partial charge in [0.2, 0.25) is 0 Å². The molecule has 0 heterocycles. The van der Waals surface area contributed by atoms with Gasteiger partial charge in [0.05, 0.1) is 7.11 Å². The molecular weight excluding hydrogens is 172 g/mol. The van der Waals surface area contributed by atoms with Crippen LogP contribution in [0.5, 0.6) is 0 Å². The van der Waals surface area contributed by atoms with Crippen LogP contribution >= 0.6 is 0 Å². The van der Waals surface area contributed by atoms with Gasteiger partial charge in [-0.3, -0.25) is 0 Å². The molecule has 1 heteroatoms. The van der Waals surface area contributed by atoms with Gasteiger partial charge in [-0.1, -0.05) is 47.6 Å². The Bertz CT molecular complexity index is 123. The normalized spacial score (nSPS) is 11.5. The van der Waals surface area contributed by atoms with Crippen LogP contribution in [0.25, 0.3) is 0 Å². The minimum Gasteiger partial charge on any atom is -0.497 e. The average Bonchev–Trinajstić information content (AvgIpc) is 2.37. The second-order valence-electron chi connectivity index (χ2n) is 1.79. The second kappa shape index (κ2) is 22.8. The lowest BCUT2D eigenvalue weighted by molar-refractivity contribution is 0.303. The number of methoxy groups -OCH3 is 1. The molecule has 14 heavy (non-hydrogen) atoms. The van der Waals surface area contributed by atoms with Gasteiger partial charge in [0.1, 0.15) is 5.76 Å².